The van der Waals surface area contributed by atoms with Gasteiger partial charge in [0.25, 0.3) is 0 Å². The minimum absolute atomic E-state index is 0.0550. The van der Waals surface area contributed by atoms with Crippen LogP contribution in [0.4, 0.5) is 0 Å². The second kappa shape index (κ2) is 8.90. The molecule has 0 aromatic heterocycles. The van der Waals surface area contributed by atoms with E-state index < -0.39 is 0 Å². The lowest BCUT2D eigenvalue weighted by atomic mass is 9.55. The predicted octanol–water partition coefficient (Wildman–Crippen LogP) is 2.57. The largest absolute Gasteiger partial charge is 0.314 e. The topological polar surface area (TPSA) is 57.8 Å². The van der Waals surface area contributed by atoms with Crippen LogP contribution in [0.25, 0.3) is 0 Å². The van der Waals surface area contributed by atoms with Gasteiger partial charge in [-0.2, -0.15) is 0 Å². The maximum Gasteiger partial charge on any atom is 0.162 e. The Balaban J connectivity index is 1.42. The van der Waals surface area contributed by atoms with E-state index >= 15 is 0 Å². The molecule has 4 aliphatic rings. The number of rotatable bonds is 5. The van der Waals surface area contributed by atoms with Crippen molar-refractivity contribution >= 4 is 0 Å². The Morgan fingerprint density at radius 2 is 2.00 bits per heavy atom. The summed E-state index contributed by atoms with van der Waals surface area (Å²) in [4.78, 5) is 4.08. The molecule has 0 spiro atoms. The minimum atomic E-state index is 0.0550. The summed E-state index contributed by atoms with van der Waals surface area (Å²) in [5.41, 5.74) is 12.4. The van der Waals surface area contributed by atoms with E-state index in [0.29, 0.717) is 23.0 Å². The Labute approximate surface area is 190 Å². The van der Waals surface area contributed by atoms with Crippen LogP contribution in [-0.4, -0.2) is 50.2 Å². The lowest BCUT2D eigenvalue weighted by molar-refractivity contribution is -0.900. The third-order valence-corrected chi connectivity index (χ3v) is 9.50. The van der Waals surface area contributed by atoms with Gasteiger partial charge in [-0.1, -0.05) is 50.5 Å². The zero-order chi connectivity index (χ0) is 22.4. The molecule has 0 saturated carbocycles. The number of quaternary nitrogens is 1. The molecule has 4 unspecified atom stereocenters. The fraction of sp³-hybridized carbons (Fsp3) is 0.846. The van der Waals surface area contributed by atoms with Crippen molar-refractivity contribution < 1.29 is 4.90 Å². The average Bonchev–Trinajstić information content (AvgIpc) is 3.05. The molecular weight excluding hydrogens is 382 g/mol. The molecule has 31 heavy (non-hydrogen) atoms. The zero-order valence-corrected chi connectivity index (χ0v) is 21.0. The monoisotopic (exact) mass is 430 g/mol. The summed E-state index contributed by atoms with van der Waals surface area (Å²) >= 11 is 0. The van der Waals surface area contributed by atoms with E-state index in [-0.39, 0.29) is 6.17 Å². The third kappa shape index (κ3) is 4.41. The van der Waals surface area contributed by atoms with Crippen LogP contribution in [0.5, 0.6) is 0 Å². The molecule has 176 valence electrons. The standard InChI is InChI=1S/C26H47N5/c1-18(12-15-31-17-30(6)24-22(31)23(27)28-16-29-24)11-14-26(5)19(2)9-10-20-21(26)8-7-13-25(20,3)4/h12,19,22-24,28-29H,7-11,13-17,27H2,1-6H3/p+1/t19-,22?,23?,24?,26+/m1/s1. The Bertz CT molecular complexity index is 725. The zero-order valence-electron chi connectivity index (χ0n) is 21.0. The van der Waals surface area contributed by atoms with Crippen molar-refractivity contribution in [3.05, 3.63) is 22.8 Å². The van der Waals surface area contributed by atoms with Gasteiger partial charge < -0.3 is 10.6 Å². The van der Waals surface area contributed by atoms with Crippen molar-refractivity contribution in [1.29, 1.82) is 0 Å². The average molecular weight is 431 g/mol. The van der Waals surface area contributed by atoms with E-state index in [0.717, 1.165) is 25.8 Å². The Kier molecular flexibility index (Phi) is 6.73. The van der Waals surface area contributed by atoms with Crippen LogP contribution in [0.3, 0.4) is 0 Å². The van der Waals surface area contributed by atoms with Crippen molar-refractivity contribution in [3.63, 3.8) is 0 Å². The molecule has 6 atom stereocenters. The lowest BCUT2D eigenvalue weighted by Gasteiger charge is -2.50. The SMILES string of the molecule is CC(=CCN1C[NH+](C)C2NCNC(N)C21)CC[C@]1(C)C2=C(CC[C@H]1C)C(C)(C)CCC2. The Morgan fingerprint density at radius 1 is 1.23 bits per heavy atom. The number of hydrogen-bond acceptors (Lipinski definition) is 4. The van der Waals surface area contributed by atoms with Crippen molar-refractivity contribution in [3.8, 4) is 0 Å². The van der Waals surface area contributed by atoms with Gasteiger partial charge in [0.05, 0.1) is 19.9 Å². The molecule has 2 fully saturated rings. The van der Waals surface area contributed by atoms with Gasteiger partial charge in [0, 0.05) is 6.54 Å². The van der Waals surface area contributed by atoms with E-state index in [1.54, 1.807) is 5.57 Å². The van der Waals surface area contributed by atoms with Gasteiger partial charge in [0.2, 0.25) is 0 Å². The highest BCUT2D eigenvalue weighted by atomic mass is 15.5. The second-order valence-electron chi connectivity index (χ2n) is 12.0. The molecule has 2 aliphatic carbocycles. The first kappa shape index (κ1) is 23.4. The Hall–Kier alpha value is -0.720. The summed E-state index contributed by atoms with van der Waals surface area (Å²) < 4.78 is 0. The normalized spacial score (nSPS) is 41.3. The fourth-order valence-electron chi connectivity index (χ4n) is 7.09. The third-order valence-electron chi connectivity index (χ3n) is 9.50. The molecule has 0 aromatic rings. The van der Waals surface area contributed by atoms with E-state index in [2.05, 4.69) is 63.3 Å². The summed E-state index contributed by atoms with van der Waals surface area (Å²) in [6, 6.07) is 0.367. The van der Waals surface area contributed by atoms with E-state index in [1.807, 2.05) is 11.1 Å². The van der Waals surface area contributed by atoms with Crippen molar-refractivity contribution in [2.75, 3.05) is 26.9 Å². The number of fused-ring (bicyclic) bond motifs is 1. The highest BCUT2D eigenvalue weighted by Gasteiger charge is 2.47. The van der Waals surface area contributed by atoms with E-state index in [1.165, 1.54) is 49.8 Å². The van der Waals surface area contributed by atoms with Crippen molar-refractivity contribution in [1.82, 2.24) is 15.5 Å². The molecule has 5 N–H and O–H groups in total. The van der Waals surface area contributed by atoms with Gasteiger partial charge in [-0.25, -0.2) is 4.90 Å². The lowest BCUT2D eigenvalue weighted by Crippen LogP contribution is -3.14. The summed E-state index contributed by atoms with van der Waals surface area (Å²) in [5, 5.41) is 6.98. The van der Waals surface area contributed by atoms with Gasteiger partial charge in [-0.05, 0) is 68.6 Å². The molecule has 0 radical (unpaired) electrons. The first-order valence-corrected chi connectivity index (χ1v) is 12.8. The first-order valence-electron chi connectivity index (χ1n) is 12.8. The molecule has 2 aliphatic heterocycles. The maximum absolute atomic E-state index is 6.42. The summed E-state index contributed by atoms with van der Waals surface area (Å²) in [5.74, 6) is 0.793. The van der Waals surface area contributed by atoms with E-state index in [9.17, 15) is 0 Å². The van der Waals surface area contributed by atoms with Crippen LogP contribution in [0.15, 0.2) is 22.8 Å². The van der Waals surface area contributed by atoms with Gasteiger partial charge in [0.1, 0.15) is 12.7 Å². The summed E-state index contributed by atoms with van der Waals surface area (Å²) in [6.45, 7) is 15.3. The molecule has 0 aromatic carbocycles. The van der Waals surface area contributed by atoms with Crippen molar-refractivity contribution in [2.45, 2.75) is 97.9 Å². The Morgan fingerprint density at radius 3 is 2.77 bits per heavy atom. The number of hydrogen-bond donors (Lipinski definition) is 4. The number of nitrogens with one attached hydrogen (secondary N) is 3. The molecule has 2 heterocycles. The second-order valence-corrected chi connectivity index (χ2v) is 12.0. The van der Waals surface area contributed by atoms with Crippen LogP contribution in [0.2, 0.25) is 0 Å². The van der Waals surface area contributed by atoms with Gasteiger partial charge in [-0.15, -0.1) is 0 Å². The molecule has 0 bridgehead atoms. The van der Waals surface area contributed by atoms with Crippen LogP contribution in [0, 0.1) is 16.7 Å². The van der Waals surface area contributed by atoms with Gasteiger partial charge in [-0.3, -0.25) is 10.6 Å². The summed E-state index contributed by atoms with van der Waals surface area (Å²) in [7, 11) is 2.28. The van der Waals surface area contributed by atoms with Crippen LogP contribution >= 0.6 is 0 Å². The smallest absolute Gasteiger partial charge is 0.162 e. The number of likely N-dealkylation sites (N-methyl/N-ethyl adjacent to an activating group) is 1. The minimum Gasteiger partial charge on any atom is -0.314 e. The van der Waals surface area contributed by atoms with Crippen LogP contribution in [0.1, 0.15) is 79.6 Å². The number of allylic oxidation sites excluding steroid dienone is 3. The van der Waals surface area contributed by atoms with Crippen LogP contribution in [-0.2, 0) is 0 Å². The molecule has 4 rings (SSSR count). The summed E-state index contributed by atoms with van der Waals surface area (Å²) in [6.07, 6.45) is 12.3. The molecule has 5 heteroatoms. The molecule has 2 saturated heterocycles. The quantitative estimate of drug-likeness (QED) is 0.507. The van der Waals surface area contributed by atoms with Crippen LogP contribution < -0.4 is 21.3 Å². The molecular formula is C26H48N5+. The highest BCUT2D eigenvalue weighted by Crippen LogP contribution is 2.56. The maximum atomic E-state index is 6.42. The van der Waals surface area contributed by atoms with E-state index in [4.69, 9.17) is 5.73 Å². The molecule has 5 nitrogen and oxygen atoms in total. The first-order chi connectivity index (χ1) is 14.6. The van der Waals surface area contributed by atoms with Crippen molar-refractivity contribution in [2.24, 2.45) is 22.5 Å². The number of nitrogens with zero attached hydrogens (tertiary/aromatic N) is 1. The number of nitrogens with two attached hydrogens (primary N) is 1. The fourth-order valence-corrected chi connectivity index (χ4v) is 7.09. The predicted molar refractivity (Wildman–Crippen MR) is 129 cm³/mol. The van der Waals surface area contributed by atoms with Gasteiger partial charge >= 0.3 is 0 Å². The highest BCUT2D eigenvalue weighted by molar-refractivity contribution is 5.32. The van der Waals surface area contributed by atoms with Gasteiger partial charge in [0.15, 0.2) is 6.17 Å². The molecule has 0 amide bonds.